The highest BCUT2D eigenvalue weighted by atomic mass is 15.3. The number of hydrogen-bond acceptors (Lipinski definition) is 4. The molecule has 1 aliphatic heterocycles. The Kier molecular flexibility index (Phi) is 6.07. The predicted molar refractivity (Wildman–Crippen MR) is 81.4 cm³/mol. The molecule has 2 fully saturated rings. The number of hydrogen-bond donors (Lipinski definition) is 1. The molecular weight excluding hydrogens is 236 g/mol. The fraction of sp³-hybridized carbons (Fsp3) is 1.00. The van der Waals surface area contributed by atoms with Crippen molar-refractivity contribution in [1.82, 2.24) is 14.7 Å². The summed E-state index contributed by atoms with van der Waals surface area (Å²) >= 11 is 0. The first-order chi connectivity index (χ1) is 9.20. The number of nitrogens with zero attached hydrogens (tertiary/aromatic N) is 3. The van der Waals surface area contributed by atoms with E-state index in [0.29, 0.717) is 0 Å². The van der Waals surface area contributed by atoms with E-state index in [4.69, 9.17) is 5.73 Å². The first-order valence-electron chi connectivity index (χ1n) is 8.02. The van der Waals surface area contributed by atoms with E-state index in [1.807, 2.05) is 0 Å². The minimum absolute atomic E-state index is 0.728. The van der Waals surface area contributed by atoms with Crippen molar-refractivity contribution >= 4 is 0 Å². The van der Waals surface area contributed by atoms with Crippen LogP contribution in [0.5, 0.6) is 0 Å². The molecule has 0 aromatic carbocycles. The summed E-state index contributed by atoms with van der Waals surface area (Å²) in [4.78, 5) is 7.61. The smallest absolute Gasteiger partial charge is 0.0133 e. The van der Waals surface area contributed by atoms with Crippen LogP contribution in [0.3, 0.4) is 0 Å². The molecule has 19 heavy (non-hydrogen) atoms. The van der Waals surface area contributed by atoms with Crippen LogP contribution >= 0.6 is 0 Å². The van der Waals surface area contributed by atoms with Gasteiger partial charge in [-0.15, -0.1) is 0 Å². The van der Waals surface area contributed by atoms with E-state index in [1.54, 1.807) is 0 Å². The van der Waals surface area contributed by atoms with E-state index in [0.717, 1.165) is 18.5 Å². The van der Waals surface area contributed by atoms with Crippen LogP contribution in [0.15, 0.2) is 0 Å². The summed E-state index contributed by atoms with van der Waals surface area (Å²) in [5.74, 6) is 0.728. The highest BCUT2D eigenvalue weighted by Gasteiger charge is 2.27. The topological polar surface area (TPSA) is 35.7 Å². The van der Waals surface area contributed by atoms with Crippen LogP contribution in [-0.2, 0) is 0 Å². The Balaban J connectivity index is 1.72. The van der Waals surface area contributed by atoms with E-state index in [1.165, 1.54) is 65.0 Å². The third-order valence-electron chi connectivity index (χ3n) is 5.10. The zero-order valence-corrected chi connectivity index (χ0v) is 12.9. The van der Waals surface area contributed by atoms with Crippen molar-refractivity contribution in [1.29, 1.82) is 0 Å². The fourth-order valence-corrected chi connectivity index (χ4v) is 3.58. The predicted octanol–water partition coefficient (Wildman–Crippen LogP) is 0.683. The molecule has 4 heteroatoms. The maximum Gasteiger partial charge on any atom is 0.0133 e. The van der Waals surface area contributed by atoms with Crippen LogP contribution in [0, 0.1) is 5.92 Å². The van der Waals surface area contributed by atoms with Gasteiger partial charge in [-0.2, -0.15) is 0 Å². The summed E-state index contributed by atoms with van der Waals surface area (Å²) in [6.45, 7) is 8.19. The molecule has 1 aliphatic carbocycles. The van der Waals surface area contributed by atoms with Crippen LogP contribution in [-0.4, -0.2) is 80.7 Å². The van der Waals surface area contributed by atoms with Gasteiger partial charge < -0.3 is 15.5 Å². The number of piperazine rings is 1. The lowest BCUT2D eigenvalue weighted by Crippen LogP contribution is -2.49. The first kappa shape index (κ1) is 15.2. The van der Waals surface area contributed by atoms with Gasteiger partial charge in [0, 0.05) is 45.3 Å². The van der Waals surface area contributed by atoms with Gasteiger partial charge >= 0.3 is 0 Å². The van der Waals surface area contributed by atoms with Gasteiger partial charge in [-0.3, -0.25) is 4.90 Å². The molecule has 1 saturated carbocycles. The molecule has 0 spiro atoms. The molecule has 2 atom stereocenters. The molecule has 0 bridgehead atoms. The fourth-order valence-electron chi connectivity index (χ4n) is 3.58. The second-order valence-electron chi connectivity index (χ2n) is 6.47. The molecule has 0 radical (unpaired) electrons. The summed E-state index contributed by atoms with van der Waals surface area (Å²) in [6.07, 6.45) is 5.45. The van der Waals surface area contributed by atoms with Crippen molar-refractivity contribution in [3.8, 4) is 0 Å². The second kappa shape index (κ2) is 7.58. The molecule has 0 aromatic rings. The molecule has 2 rings (SSSR count). The summed E-state index contributed by atoms with van der Waals surface area (Å²) in [6, 6.07) is 0.728. The van der Waals surface area contributed by atoms with Crippen molar-refractivity contribution in [2.24, 2.45) is 11.7 Å². The van der Waals surface area contributed by atoms with Gasteiger partial charge in [-0.05, 0) is 39.4 Å². The summed E-state index contributed by atoms with van der Waals surface area (Å²) in [7, 11) is 4.52. The Morgan fingerprint density at radius 2 is 1.79 bits per heavy atom. The lowest BCUT2D eigenvalue weighted by molar-refractivity contribution is 0.0993. The van der Waals surface area contributed by atoms with Crippen molar-refractivity contribution in [3.63, 3.8) is 0 Å². The third kappa shape index (κ3) is 4.42. The Bertz CT molecular complexity index is 251. The van der Waals surface area contributed by atoms with Gasteiger partial charge in [-0.1, -0.05) is 12.8 Å². The van der Waals surface area contributed by atoms with Crippen molar-refractivity contribution in [3.05, 3.63) is 0 Å². The van der Waals surface area contributed by atoms with Crippen LogP contribution in [0.4, 0.5) is 0 Å². The van der Waals surface area contributed by atoms with E-state index >= 15 is 0 Å². The lowest BCUT2D eigenvalue weighted by atomic mass is 9.84. The number of likely N-dealkylation sites (N-methyl/N-ethyl adjacent to an activating group) is 2. The SMILES string of the molecule is CN1CCN(CCN(C)C2CCCCC2CN)CC1. The number of rotatable bonds is 5. The van der Waals surface area contributed by atoms with E-state index in [2.05, 4.69) is 28.8 Å². The average Bonchev–Trinajstić information content (AvgIpc) is 2.46. The zero-order chi connectivity index (χ0) is 13.7. The monoisotopic (exact) mass is 268 g/mol. The summed E-state index contributed by atoms with van der Waals surface area (Å²) < 4.78 is 0. The van der Waals surface area contributed by atoms with Gasteiger partial charge in [0.05, 0.1) is 0 Å². The van der Waals surface area contributed by atoms with E-state index in [9.17, 15) is 0 Å². The van der Waals surface area contributed by atoms with Gasteiger partial charge in [0.1, 0.15) is 0 Å². The van der Waals surface area contributed by atoms with Crippen LogP contribution in [0.1, 0.15) is 25.7 Å². The summed E-state index contributed by atoms with van der Waals surface area (Å²) in [5, 5.41) is 0. The third-order valence-corrected chi connectivity index (χ3v) is 5.10. The molecule has 2 unspecified atom stereocenters. The molecule has 1 saturated heterocycles. The molecule has 0 amide bonds. The normalized spacial score (nSPS) is 30.9. The quantitative estimate of drug-likeness (QED) is 0.795. The van der Waals surface area contributed by atoms with Gasteiger partial charge in [0.25, 0.3) is 0 Å². The van der Waals surface area contributed by atoms with E-state index in [-0.39, 0.29) is 0 Å². The molecule has 1 heterocycles. The Hall–Kier alpha value is -0.160. The van der Waals surface area contributed by atoms with Crippen LogP contribution < -0.4 is 5.73 Å². The van der Waals surface area contributed by atoms with Crippen molar-refractivity contribution in [2.45, 2.75) is 31.7 Å². The zero-order valence-electron chi connectivity index (χ0n) is 12.9. The van der Waals surface area contributed by atoms with Gasteiger partial charge in [0.2, 0.25) is 0 Å². The number of nitrogens with two attached hydrogens (primary N) is 1. The average molecular weight is 268 g/mol. The van der Waals surface area contributed by atoms with Crippen molar-refractivity contribution < 1.29 is 0 Å². The molecule has 0 aromatic heterocycles. The minimum Gasteiger partial charge on any atom is -0.330 e. The Morgan fingerprint density at radius 1 is 1.11 bits per heavy atom. The molecule has 2 aliphatic rings. The Labute approximate surface area is 118 Å². The lowest BCUT2D eigenvalue weighted by Gasteiger charge is -2.39. The van der Waals surface area contributed by atoms with Gasteiger partial charge in [0.15, 0.2) is 0 Å². The standard InChI is InChI=1S/C15H32N4/c1-17-7-10-19(11-8-17)12-9-18(2)15-6-4-3-5-14(15)13-16/h14-15H,3-13,16H2,1-2H3. The highest BCUT2D eigenvalue weighted by Crippen LogP contribution is 2.26. The highest BCUT2D eigenvalue weighted by molar-refractivity contribution is 4.83. The molecular formula is C15H32N4. The van der Waals surface area contributed by atoms with Crippen LogP contribution in [0.25, 0.3) is 0 Å². The van der Waals surface area contributed by atoms with Crippen LogP contribution in [0.2, 0.25) is 0 Å². The molecule has 4 nitrogen and oxygen atoms in total. The molecule has 112 valence electrons. The first-order valence-corrected chi connectivity index (χ1v) is 8.02. The molecule has 2 N–H and O–H groups in total. The maximum absolute atomic E-state index is 5.94. The second-order valence-corrected chi connectivity index (χ2v) is 6.47. The van der Waals surface area contributed by atoms with E-state index < -0.39 is 0 Å². The summed E-state index contributed by atoms with van der Waals surface area (Å²) in [5.41, 5.74) is 5.94. The van der Waals surface area contributed by atoms with Gasteiger partial charge in [-0.25, -0.2) is 0 Å². The van der Waals surface area contributed by atoms with Crippen molar-refractivity contribution in [2.75, 3.05) is 59.9 Å². The minimum atomic E-state index is 0.728. The maximum atomic E-state index is 5.94. The Morgan fingerprint density at radius 3 is 2.47 bits per heavy atom. The largest absolute Gasteiger partial charge is 0.330 e.